The highest BCUT2D eigenvalue weighted by Gasteiger charge is 2.34. The zero-order valence-electron chi connectivity index (χ0n) is 19.5. The van der Waals surface area contributed by atoms with Crippen molar-refractivity contribution in [3.05, 3.63) is 77.1 Å². The first-order valence-corrected chi connectivity index (χ1v) is 11.2. The Labute approximate surface area is 201 Å². The third-order valence-electron chi connectivity index (χ3n) is 6.14. The van der Waals surface area contributed by atoms with E-state index in [9.17, 15) is 18.0 Å². The second-order valence-electron chi connectivity index (χ2n) is 8.22. The summed E-state index contributed by atoms with van der Waals surface area (Å²) in [5, 5.41) is 7.04. The molecule has 7 nitrogen and oxygen atoms in total. The lowest BCUT2D eigenvalue weighted by Crippen LogP contribution is -2.43. The zero-order chi connectivity index (χ0) is 25.0. The molecule has 0 radical (unpaired) electrons. The molecule has 1 amide bonds. The second-order valence-corrected chi connectivity index (χ2v) is 8.22. The highest BCUT2D eigenvalue weighted by molar-refractivity contribution is 5.95. The molecule has 2 heterocycles. The lowest BCUT2D eigenvalue weighted by Gasteiger charge is -2.35. The molecule has 0 bridgehead atoms. The third kappa shape index (κ3) is 5.49. The van der Waals surface area contributed by atoms with Gasteiger partial charge in [0.15, 0.2) is 0 Å². The number of ether oxygens (including phenoxy) is 2. The number of carbonyl (C=O) groups excluding carboxylic acids is 1. The molecule has 1 atom stereocenters. The fraction of sp³-hybridized carbons (Fsp3) is 0.360. The topological polar surface area (TPSA) is 68.6 Å². The summed E-state index contributed by atoms with van der Waals surface area (Å²) < 4.78 is 52.3. The van der Waals surface area contributed by atoms with Gasteiger partial charge in [-0.05, 0) is 36.8 Å². The highest BCUT2D eigenvalue weighted by Crippen LogP contribution is 2.34. The van der Waals surface area contributed by atoms with E-state index in [4.69, 9.17) is 9.47 Å². The molecule has 1 fully saturated rings. The van der Waals surface area contributed by atoms with Crippen LogP contribution in [0.5, 0.6) is 5.75 Å². The molecule has 1 aliphatic heterocycles. The molecule has 35 heavy (non-hydrogen) atoms. The number of nitrogens with one attached hydrogen (secondary N) is 1. The number of carbonyl (C=O) groups is 1. The first-order valence-electron chi connectivity index (χ1n) is 11.2. The van der Waals surface area contributed by atoms with Crippen molar-refractivity contribution in [2.24, 2.45) is 0 Å². The van der Waals surface area contributed by atoms with Crippen LogP contribution in [-0.2, 0) is 10.9 Å². The van der Waals surface area contributed by atoms with Crippen LogP contribution >= 0.6 is 0 Å². The number of hydrogen-bond acceptors (Lipinski definition) is 5. The first kappa shape index (κ1) is 24.7. The average Bonchev–Trinajstić information content (AvgIpc) is 3.25. The Morgan fingerprint density at radius 2 is 1.83 bits per heavy atom. The van der Waals surface area contributed by atoms with Crippen LogP contribution in [0.2, 0.25) is 0 Å². The summed E-state index contributed by atoms with van der Waals surface area (Å²) in [4.78, 5) is 15.3. The molecule has 1 N–H and O–H groups in total. The van der Waals surface area contributed by atoms with Crippen molar-refractivity contribution in [2.75, 3.05) is 40.0 Å². The van der Waals surface area contributed by atoms with Gasteiger partial charge >= 0.3 is 6.18 Å². The second kappa shape index (κ2) is 10.5. The predicted molar refractivity (Wildman–Crippen MR) is 124 cm³/mol. The van der Waals surface area contributed by atoms with Crippen LogP contribution in [0.4, 0.5) is 13.2 Å². The molecule has 0 saturated carbocycles. The number of halogens is 3. The number of alkyl halides is 3. The Kier molecular flexibility index (Phi) is 7.42. The molecule has 0 spiro atoms. The van der Waals surface area contributed by atoms with Crippen LogP contribution in [0, 0.1) is 6.92 Å². The minimum atomic E-state index is -4.54. The first-order chi connectivity index (χ1) is 16.8. The van der Waals surface area contributed by atoms with Crippen LogP contribution in [0.25, 0.3) is 5.69 Å². The van der Waals surface area contributed by atoms with Crippen LogP contribution in [0.1, 0.15) is 33.2 Å². The van der Waals surface area contributed by atoms with Crippen molar-refractivity contribution >= 4 is 5.91 Å². The predicted octanol–water partition coefficient (Wildman–Crippen LogP) is 4.01. The van der Waals surface area contributed by atoms with Gasteiger partial charge in [-0.2, -0.15) is 18.3 Å². The summed E-state index contributed by atoms with van der Waals surface area (Å²) in [5.74, 6) is 0.339. The maximum absolute atomic E-state index is 13.5. The molecule has 0 aliphatic carbocycles. The Morgan fingerprint density at radius 3 is 2.49 bits per heavy atom. The van der Waals surface area contributed by atoms with E-state index in [2.05, 4.69) is 15.3 Å². The molecular formula is C25H27F3N4O3. The van der Waals surface area contributed by atoms with E-state index in [0.717, 1.165) is 35.2 Å². The average molecular weight is 489 g/mol. The normalized spacial score (nSPS) is 15.6. The fourth-order valence-electron chi connectivity index (χ4n) is 4.23. The van der Waals surface area contributed by atoms with Crippen molar-refractivity contribution in [2.45, 2.75) is 19.1 Å². The lowest BCUT2D eigenvalue weighted by molar-refractivity contribution is -0.137. The van der Waals surface area contributed by atoms with Crippen LogP contribution in [0.15, 0.2) is 54.7 Å². The molecular weight excluding hydrogens is 461 g/mol. The van der Waals surface area contributed by atoms with Gasteiger partial charge < -0.3 is 14.8 Å². The van der Waals surface area contributed by atoms with Gasteiger partial charge in [-0.3, -0.25) is 9.69 Å². The minimum Gasteiger partial charge on any atom is -0.497 e. The number of methoxy groups -OCH3 is 1. The van der Waals surface area contributed by atoms with Crippen LogP contribution in [0.3, 0.4) is 0 Å². The summed E-state index contributed by atoms with van der Waals surface area (Å²) >= 11 is 0. The minimum absolute atomic E-state index is 0.102. The highest BCUT2D eigenvalue weighted by atomic mass is 19.4. The number of benzene rings is 2. The molecule has 4 rings (SSSR count). The Hall–Kier alpha value is -3.37. The van der Waals surface area contributed by atoms with Crippen LogP contribution < -0.4 is 10.1 Å². The van der Waals surface area contributed by atoms with Gasteiger partial charge in [-0.25, -0.2) is 4.68 Å². The van der Waals surface area contributed by atoms with E-state index in [-0.39, 0.29) is 17.3 Å². The summed E-state index contributed by atoms with van der Waals surface area (Å²) in [5.41, 5.74) is 0.620. The largest absolute Gasteiger partial charge is 0.497 e. The molecule has 1 aromatic heterocycles. The number of hydrogen-bond donors (Lipinski definition) is 1. The number of rotatable bonds is 7. The molecule has 1 saturated heterocycles. The Balaban J connectivity index is 1.54. The molecule has 0 unspecified atom stereocenters. The summed E-state index contributed by atoms with van der Waals surface area (Å²) in [6, 6.07) is 12.7. The van der Waals surface area contributed by atoms with Gasteiger partial charge in [-0.1, -0.05) is 24.3 Å². The number of aromatic nitrogens is 2. The smallest absolute Gasteiger partial charge is 0.418 e. The number of amides is 1. The quantitative estimate of drug-likeness (QED) is 0.544. The third-order valence-corrected chi connectivity index (χ3v) is 6.14. The van der Waals surface area contributed by atoms with Crippen molar-refractivity contribution in [1.29, 1.82) is 0 Å². The number of para-hydroxylation sites is 1. The van der Waals surface area contributed by atoms with Gasteiger partial charge in [-0.15, -0.1) is 0 Å². The summed E-state index contributed by atoms with van der Waals surface area (Å²) in [6.07, 6.45) is -3.24. The van der Waals surface area contributed by atoms with Crippen molar-refractivity contribution in [1.82, 2.24) is 20.0 Å². The molecule has 2 aromatic carbocycles. The van der Waals surface area contributed by atoms with Crippen LogP contribution in [-0.4, -0.2) is 60.5 Å². The number of nitrogens with zero attached hydrogens (tertiary/aromatic N) is 3. The summed E-state index contributed by atoms with van der Waals surface area (Å²) in [7, 11) is 1.60. The van der Waals surface area contributed by atoms with E-state index < -0.39 is 17.6 Å². The van der Waals surface area contributed by atoms with E-state index in [1.165, 1.54) is 24.4 Å². The van der Waals surface area contributed by atoms with Gasteiger partial charge in [0.25, 0.3) is 5.91 Å². The zero-order valence-corrected chi connectivity index (χ0v) is 19.5. The maximum atomic E-state index is 13.5. The number of morpholine rings is 1. The van der Waals surface area contributed by atoms with E-state index in [0.29, 0.717) is 25.5 Å². The fourth-order valence-corrected chi connectivity index (χ4v) is 4.23. The molecule has 10 heteroatoms. The SMILES string of the molecule is COc1ccc([C@H](CNC(=O)c2cnn(-c3ccccc3C(F)(F)F)c2C)N2CCOCC2)cc1. The van der Waals surface area contributed by atoms with E-state index >= 15 is 0 Å². The lowest BCUT2D eigenvalue weighted by atomic mass is 10.0. The van der Waals surface area contributed by atoms with Crippen molar-refractivity contribution in [3.8, 4) is 11.4 Å². The Morgan fingerprint density at radius 1 is 1.14 bits per heavy atom. The molecule has 3 aromatic rings. The van der Waals surface area contributed by atoms with Crippen molar-refractivity contribution in [3.63, 3.8) is 0 Å². The van der Waals surface area contributed by atoms with Gasteiger partial charge in [0, 0.05) is 19.6 Å². The maximum Gasteiger partial charge on any atom is 0.418 e. The Bertz CT molecular complexity index is 1160. The molecule has 186 valence electrons. The van der Waals surface area contributed by atoms with E-state index in [1.807, 2.05) is 24.3 Å². The summed E-state index contributed by atoms with van der Waals surface area (Å²) in [6.45, 7) is 4.54. The van der Waals surface area contributed by atoms with Crippen molar-refractivity contribution < 1.29 is 27.4 Å². The van der Waals surface area contributed by atoms with Gasteiger partial charge in [0.2, 0.25) is 0 Å². The standard InChI is InChI=1S/C25H27F3N4O3/c1-17-20(15-30-32(17)22-6-4-3-5-21(22)25(26,27)28)24(33)29-16-23(31-11-13-35-14-12-31)18-7-9-19(34-2)10-8-18/h3-10,15,23H,11-14,16H2,1-2H3,(H,29,33)/t23-/m0/s1. The van der Waals surface area contributed by atoms with E-state index in [1.54, 1.807) is 14.0 Å². The van der Waals surface area contributed by atoms with Gasteiger partial charge in [0.1, 0.15) is 5.75 Å². The van der Waals surface area contributed by atoms with Gasteiger partial charge in [0.05, 0.1) is 55.1 Å². The monoisotopic (exact) mass is 488 g/mol. The molecule has 1 aliphatic rings.